The Morgan fingerprint density at radius 1 is 1.25 bits per heavy atom. The van der Waals surface area contributed by atoms with Gasteiger partial charge in [0.1, 0.15) is 11.4 Å². The van der Waals surface area contributed by atoms with Gasteiger partial charge in [0, 0.05) is 5.92 Å². The molecule has 0 aliphatic carbocycles. The Labute approximate surface area is 98.8 Å². The third-order valence-corrected chi connectivity index (χ3v) is 2.13. The van der Waals surface area contributed by atoms with Crippen molar-refractivity contribution in [1.29, 1.82) is 0 Å². The quantitative estimate of drug-likeness (QED) is 0.682. The summed E-state index contributed by atoms with van der Waals surface area (Å²) in [5.74, 6) is 4.71. The Kier molecular flexibility index (Phi) is 3.65. The monoisotopic (exact) mass is 215 g/mol. The predicted octanol–water partition coefficient (Wildman–Crippen LogP) is 3.81. The molecule has 0 aliphatic heterocycles. The highest BCUT2D eigenvalue weighted by molar-refractivity contribution is 5.54. The zero-order valence-corrected chi connectivity index (χ0v) is 10.7. The summed E-state index contributed by atoms with van der Waals surface area (Å²) in [6.45, 7) is 10.2. The molecule has 0 saturated carbocycles. The summed E-state index contributed by atoms with van der Waals surface area (Å²) in [5.41, 5.74) is 1.70. The van der Waals surface area contributed by atoms with E-state index in [0.29, 0.717) is 0 Å². The van der Waals surface area contributed by atoms with E-state index in [1.165, 1.54) is 5.92 Å². The van der Waals surface area contributed by atoms with Crippen LogP contribution < -0.4 is 4.74 Å². The molecule has 1 heteroatoms. The van der Waals surface area contributed by atoms with Gasteiger partial charge in [-0.15, -0.1) is 6.42 Å². The molecule has 0 aliphatic rings. The molecule has 1 aromatic carbocycles. The van der Waals surface area contributed by atoms with Crippen LogP contribution in [0.25, 0.3) is 0 Å². The van der Waals surface area contributed by atoms with E-state index in [0.717, 1.165) is 16.9 Å². The summed E-state index contributed by atoms with van der Waals surface area (Å²) in [7, 11) is 0. The smallest absolute Gasteiger partial charge is 0.136 e. The molecular weight excluding hydrogens is 196 g/mol. The third kappa shape index (κ3) is 3.03. The Morgan fingerprint density at radius 2 is 1.88 bits per heavy atom. The highest BCUT2D eigenvalue weighted by atomic mass is 16.5. The molecule has 1 aromatic rings. The van der Waals surface area contributed by atoms with E-state index in [1.807, 2.05) is 39.0 Å². The summed E-state index contributed by atoms with van der Waals surface area (Å²) < 4.78 is 5.86. The van der Waals surface area contributed by atoms with Crippen LogP contribution in [0.3, 0.4) is 0 Å². The first-order valence-corrected chi connectivity index (χ1v) is 5.44. The second-order valence-electron chi connectivity index (χ2n) is 5.04. The second kappa shape index (κ2) is 4.61. The average molecular weight is 215 g/mol. The van der Waals surface area contributed by atoms with Gasteiger partial charge in [-0.25, -0.2) is 0 Å². The van der Waals surface area contributed by atoms with Gasteiger partial charge in [-0.1, -0.05) is 31.9 Å². The molecule has 0 bridgehead atoms. The minimum Gasteiger partial charge on any atom is -0.487 e. The molecule has 0 spiro atoms. The van der Waals surface area contributed by atoms with E-state index in [2.05, 4.69) is 19.8 Å². The lowest BCUT2D eigenvalue weighted by Crippen LogP contribution is -2.23. The summed E-state index contributed by atoms with van der Waals surface area (Å²) >= 11 is 0. The predicted molar refractivity (Wildman–Crippen MR) is 68.5 cm³/mol. The van der Waals surface area contributed by atoms with E-state index in [9.17, 15) is 0 Å². The lowest BCUT2D eigenvalue weighted by Gasteiger charge is -2.23. The van der Waals surface area contributed by atoms with Crippen LogP contribution in [0.15, 0.2) is 18.2 Å². The summed E-state index contributed by atoms with van der Waals surface area (Å²) in [4.78, 5) is 0. The maximum atomic E-state index is 5.86. The Balaban J connectivity index is 3.21. The lowest BCUT2D eigenvalue weighted by molar-refractivity contribution is 0.130. The van der Waals surface area contributed by atoms with Gasteiger partial charge in [-0.05, 0) is 32.4 Å². The highest BCUT2D eigenvalue weighted by Crippen LogP contribution is 2.29. The number of hydrogen-bond acceptors (Lipinski definition) is 1. The van der Waals surface area contributed by atoms with Gasteiger partial charge in [0.05, 0.1) is 5.56 Å². The van der Waals surface area contributed by atoms with Crippen molar-refractivity contribution in [2.24, 2.45) is 0 Å². The lowest BCUT2D eigenvalue weighted by atomic mass is 9.96. The molecule has 0 heterocycles. The van der Waals surface area contributed by atoms with Gasteiger partial charge in [0.25, 0.3) is 0 Å². The van der Waals surface area contributed by atoms with E-state index >= 15 is 0 Å². The number of hydrogen-bond donors (Lipinski definition) is 0. The molecule has 1 radical (unpaired) electrons. The minimum atomic E-state index is -0.230. The van der Waals surface area contributed by atoms with Crippen molar-refractivity contribution in [3.05, 3.63) is 35.2 Å². The van der Waals surface area contributed by atoms with E-state index in [4.69, 9.17) is 11.2 Å². The Morgan fingerprint density at radius 3 is 2.31 bits per heavy atom. The van der Waals surface area contributed by atoms with Crippen LogP contribution in [0.1, 0.15) is 45.7 Å². The van der Waals surface area contributed by atoms with Crippen LogP contribution in [0.4, 0.5) is 0 Å². The van der Waals surface area contributed by atoms with E-state index in [1.54, 1.807) is 0 Å². The van der Waals surface area contributed by atoms with Crippen LogP contribution >= 0.6 is 0 Å². The summed E-state index contributed by atoms with van der Waals surface area (Å²) in [6.07, 6.45) is 5.56. The normalized spacial score (nSPS) is 11.3. The fourth-order valence-corrected chi connectivity index (χ4v) is 1.51. The molecule has 1 rings (SSSR count). The van der Waals surface area contributed by atoms with Crippen molar-refractivity contribution < 1.29 is 4.74 Å². The molecule has 0 amide bonds. The Hall–Kier alpha value is -1.42. The maximum absolute atomic E-state index is 5.86. The van der Waals surface area contributed by atoms with Crippen molar-refractivity contribution in [3.8, 4) is 18.1 Å². The third-order valence-electron chi connectivity index (χ3n) is 2.13. The standard InChI is InChI=1S/C15H19O/c1-7-12-13(11(2)3)9-8-10-14(12)16-15(4,5)6/h1,8-10H,2-6H3. The van der Waals surface area contributed by atoms with Crippen molar-refractivity contribution >= 4 is 0 Å². The maximum Gasteiger partial charge on any atom is 0.136 e. The topological polar surface area (TPSA) is 9.23 Å². The number of rotatable bonds is 2. The zero-order chi connectivity index (χ0) is 12.3. The minimum absolute atomic E-state index is 0.230. The van der Waals surface area contributed by atoms with Crippen molar-refractivity contribution in [2.45, 2.75) is 40.2 Å². The fourth-order valence-electron chi connectivity index (χ4n) is 1.51. The van der Waals surface area contributed by atoms with Crippen LogP contribution in [-0.2, 0) is 0 Å². The van der Waals surface area contributed by atoms with Gasteiger partial charge in [0.15, 0.2) is 0 Å². The largest absolute Gasteiger partial charge is 0.487 e. The summed E-state index contributed by atoms with van der Waals surface area (Å²) in [5, 5.41) is 0. The van der Waals surface area contributed by atoms with Crippen LogP contribution in [0, 0.1) is 18.3 Å². The molecular formula is C15H19O. The van der Waals surface area contributed by atoms with Crippen LogP contribution in [-0.4, -0.2) is 5.60 Å². The van der Waals surface area contributed by atoms with E-state index in [-0.39, 0.29) is 5.60 Å². The first kappa shape index (κ1) is 12.6. The van der Waals surface area contributed by atoms with Gasteiger partial charge in [-0.2, -0.15) is 0 Å². The van der Waals surface area contributed by atoms with Crippen LogP contribution in [0.2, 0.25) is 0 Å². The fraction of sp³-hybridized carbons (Fsp3) is 0.400. The molecule has 85 valence electrons. The summed E-state index contributed by atoms with van der Waals surface area (Å²) in [6, 6.07) is 5.93. The van der Waals surface area contributed by atoms with Gasteiger partial charge in [0.2, 0.25) is 0 Å². The number of benzene rings is 1. The van der Waals surface area contributed by atoms with Crippen molar-refractivity contribution in [1.82, 2.24) is 0 Å². The molecule has 16 heavy (non-hydrogen) atoms. The van der Waals surface area contributed by atoms with Gasteiger partial charge in [-0.3, -0.25) is 0 Å². The Bertz CT molecular complexity index is 402. The molecule has 1 nitrogen and oxygen atoms in total. The second-order valence-corrected chi connectivity index (χ2v) is 5.04. The highest BCUT2D eigenvalue weighted by Gasteiger charge is 2.16. The van der Waals surface area contributed by atoms with Crippen molar-refractivity contribution in [3.63, 3.8) is 0 Å². The van der Waals surface area contributed by atoms with Gasteiger partial charge >= 0.3 is 0 Å². The molecule has 0 aromatic heterocycles. The molecule has 0 atom stereocenters. The molecule has 0 fully saturated rings. The first-order chi connectivity index (χ1) is 7.35. The average Bonchev–Trinajstić information content (AvgIpc) is 2.14. The van der Waals surface area contributed by atoms with E-state index < -0.39 is 0 Å². The number of ether oxygens (including phenoxy) is 1. The first-order valence-electron chi connectivity index (χ1n) is 5.44. The number of terminal acetylenes is 1. The molecule has 0 N–H and O–H groups in total. The van der Waals surface area contributed by atoms with Gasteiger partial charge < -0.3 is 4.74 Å². The SMILES string of the molecule is C#Cc1c(OC(C)(C)C)cccc1[C](C)C. The molecule has 0 saturated heterocycles. The van der Waals surface area contributed by atoms with Crippen LogP contribution in [0.5, 0.6) is 5.75 Å². The zero-order valence-electron chi connectivity index (χ0n) is 10.7. The van der Waals surface area contributed by atoms with Crippen molar-refractivity contribution in [2.75, 3.05) is 0 Å². The molecule has 0 unspecified atom stereocenters.